The maximum Gasteiger partial charge on any atom is 0.254 e. The van der Waals surface area contributed by atoms with E-state index in [9.17, 15) is 13.2 Å². The predicted molar refractivity (Wildman–Crippen MR) is 92.7 cm³/mol. The van der Waals surface area contributed by atoms with Gasteiger partial charge < -0.3 is 9.64 Å². The Bertz CT molecular complexity index is 713. The number of hydrogen-bond donors (Lipinski definition) is 0. The average Bonchev–Trinajstić information content (AvgIpc) is 2.54. The predicted octanol–water partition coefficient (Wildman–Crippen LogP) is 1.87. The minimum Gasteiger partial charge on any atom is -0.377 e. The Morgan fingerprint density at radius 3 is 2.46 bits per heavy atom. The summed E-state index contributed by atoms with van der Waals surface area (Å²) in [6.07, 6.45) is 1.57. The number of hydrogen-bond acceptors (Lipinski definition) is 4. The molecule has 0 saturated carbocycles. The third-order valence-corrected chi connectivity index (χ3v) is 6.51. The lowest BCUT2D eigenvalue weighted by molar-refractivity contribution is -0.0370. The molecular formula is C17H24N2O4S. The molecule has 1 amide bonds. The van der Waals surface area contributed by atoms with Crippen LogP contribution in [0.3, 0.4) is 0 Å². The van der Waals surface area contributed by atoms with Crippen molar-refractivity contribution in [2.45, 2.75) is 32.2 Å². The van der Waals surface area contributed by atoms with E-state index in [0.717, 1.165) is 6.42 Å². The number of nitrogens with zero attached hydrogens (tertiary/aromatic N) is 2. The summed E-state index contributed by atoms with van der Waals surface area (Å²) in [5.74, 6) is 0.145. The SMILES string of the molecule is CC1(C)COCCN1C(=O)c1ccc(N2CCCCS2(=O)=O)cc1. The summed E-state index contributed by atoms with van der Waals surface area (Å²) in [5.41, 5.74) is 0.861. The normalized spacial score (nSPS) is 23.1. The van der Waals surface area contributed by atoms with Crippen molar-refractivity contribution in [2.24, 2.45) is 0 Å². The highest BCUT2D eigenvalue weighted by molar-refractivity contribution is 7.92. The number of carbonyl (C=O) groups is 1. The highest BCUT2D eigenvalue weighted by Crippen LogP contribution is 2.26. The van der Waals surface area contributed by atoms with Gasteiger partial charge >= 0.3 is 0 Å². The Labute approximate surface area is 143 Å². The van der Waals surface area contributed by atoms with Gasteiger partial charge in [0.2, 0.25) is 10.0 Å². The van der Waals surface area contributed by atoms with Gasteiger partial charge in [0.05, 0.1) is 30.2 Å². The Balaban J connectivity index is 1.80. The third kappa shape index (κ3) is 3.28. The van der Waals surface area contributed by atoms with Gasteiger partial charge in [-0.1, -0.05) is 0 Å². The number of rotatable bonds is 2. The van der Waals surface area contributed by atoms with Crippen molar-refractivity contribution in [1.82, 2.24) is 4.90 Å². The monoisotopic (exact) mass is 352 g/mol. The smallest absolute Gasteiger partial charge is 0.254 e. The first kappa shape index (κ1) is 17.2. The molecule has 0 atom stereocenters. The Kier molecular flexibility index (Phi) is 4.57. The van der Waals surface area contributed by atoms with Crippen LogP contribution in [0.4, 0.5) is 5.69 Å². The number of carbonyl (C=O) groups excluding carboxylic acids is 1. The van der Waals surface area contributed by atoms with Crippen molar-refractivity contribution in [3.05, 3.63) is 29.8 Å². The second kappa shape index (κ2) is 6.37. The van der Waals surface area contributed by atoms with Gasteiger partial charge in [-0.05, 0) is 51.0 Å². The van der Waals surface area contributed by atoms with Gasteiger partial charge in [-0.25, -0.2) is 8.42 Å². The highest BCUT2D eigenvalue weighted by atomic mass is 32.2. The average molecular weight is 352 g/mol. The Morgan fingerprint density at radius 1 is 1.12 bits per heavy atom. The van der Waals surface area contributed by atoms with Crippen molar-refractivity contribution in [3.63, 3.8) is 0 Å². The van der Waals surface area contributed by atoms with E-state index >= 15 is 0 Å². The van der Waals surface area contributed by atoms with E-state index in [1.165, 1.54) is 4.31 Å². The lowest BCUT2D eigenvalue weighted by Gasteiger charge is -2.42. The van der Waals surface area contributed by atoms with Gasteiger partial charge in [-0.15, -0.1) is 0 Å². The lowest BCUT2D eigenvalue weighted by Crippen LogP contribution is -2.55. The molecule has 0 bridgehead atoms. The molecule has 2 aliphatic rings. The molecule has 0 spiro atoms. The fourth-order valence-corrected chi connectivity index (χ4v) is 4.88. The number of amides is 1. The molecule has 3 rings (SSSR count). The number of sulfonamides is 1. The Morgan fingerprint density at radius 2 is 1.83 bits per heavy atom. The molecule has 2 heterocycles. The zero-order valence-corrected chi connectivity index (χ0v) is 15.0. The molecule has 132 valence electrons. The van der Waals surface area contributed by atoms with E-state index in [1.807, 2.05) is 18.7 Å². The van der Waals surface area contributed by atoms with E-state index < -0.39 is 10.0 Å². The summed E-state index contributed by atoms with van der Waals surface area (Å²) in [5, 5.41) is 0. The molecule has 7 heteroatoms. The molecule has 2 fully saturated rings. The van der Waals surface area contributed by atoms with Crippen molar-refractivity contribution < 1.29 is 17.9 Å². The van der Waals surface area contributed by atoms with Crippen LogP contribution in [0.5, 0.6) is 0 Å². The second-order valence-corrected chi connectivity index (χ2v) is 8.98. The molecule has 1 aromatic rings. The molecule has 2 aliphatic heterocycles. The van der Waals surface area contributed by atoms with Gasteiger partial charge in [0.1, 0.15) is 0 Å². The van der Waals surface area contributed by atoms with Crippen LogP contribution < -0.4 is 4.31 Å². The summed E-state index contributed by atoms with van der Waals surface area (Å²) in [6, 6.07) is 6.88. The summed E-state index contributed by atoms with van der Waals surface area (Å²) in [4.78, 5) is 14.6. The first-order valence-electron chi connectivity index (χ1n) is 8.31. The molecule has 0 radical (unpaired) electrons. The van der Waals surface area contributed by atoms with Gasteiger partial charge in [0.25, 0.3) is 5.91 Å². The van der Waals surface area contributed by atoms with E-state index in [0.29, 0.717) is 44.0 Å². The molecule has 1 aromatic carbocycles. The van der Waals surface area contributed by atoms with Crippen LogP contribution in [0.25, 0.3) is 0 Å². The van der Waals surface area contributed by atoms with Crippen molar-refractivity contribution >= 4 is 21.6 Å². The minimum absolute atomic E-state index is 0.0450. The van der Waals surface area contributed by atoms with Crippen LogP contribution >= 0.6 is 0 Å². The van der Waals surface area contributed by atoms with Gasteiger partial charge in [-0.2, -0.15) is 0 Å². The van der Waals surface area contributed by atoms with Crippen LogP contribution in [0.15, 0.2) is 24.3 Å². The fraction of sp³-hybridized carbons (Fsp3) is 0.588. The second-order valence-electron chi connectivity index (χ2n) is 6.96. The highest BCUT2D eigenvalue weighted by Gasteiger charge is 2.34. The van der Waals surface area contributed by atoms with Crippen LogP contribution in [-0.2, 0) is 14.8 Å². The number of benzene rings is 1. The van der Waals surface area contributed by atoms with E-state index in [-0.39, 0.29) is 17.2 Å². The number of anilines is 1. The van der Waals surface area contributed by atoms with Crippen molar-refractivity contribution in [3.8, 4) is 0 Å². The summed E-state index contributed by atoms with van der Waals surface area (Å²) in [6.45, 7) is 6.10. The zero-order chi connectivity index (χ0) is 17.4. The topological polar surface area (TPSA) is 66.9 Å². The molecule has 0 unspecified atom stereocenters. The molecule has 2 saturated heterocycles. The summed E-state index contributed by atoms with van der Waals surface area (Å²) >= 11 is 0. The lowest BCUT2D eigenvalue weighted by atomic mass is 10.0. The minimum atomic E-state index is -3.23. The fourth-order valence-electron chi connectivity index (χ4n) is 3.24. The first-order chi connectivity index (χ1) is 11.3. The molecule has 0 aliphatic carbocycles. The van der Waals surface area contributed by atoms with Gasteiger partial charge in [-0.3, -0.25) is 9.10 Å². The molecule has 0 aromatic heterocycles. The van der Waals surface area contributed by atoms with Crippen LogP contribution in [0.2, 0.25) is 0 Å². The Hall–Kier alpha value is -1.60. The standard InChI is InChI=1S/C17H24N2O4S/c1-17(2)13-23-11-10-18(17)16(20)14-5-7-15(8-6-14)19-9-3-4-12-24(19,21)22/h5-8H,3-4,9-13H2,1-2H3. The molecule has 24 heavy (non-hydrogen) atoms. The third-order valence-electron chi connectivity index (χ3n) is 4.64. The van der Waals surface area contributed by atoms with Crippen LogP contribution in [0.1, 0.15) is 37.0 Å². The molecule has 0 N–H and O–H groups in total. The van der Waals surface area contributed by atoms with Crippen LogP contribution in [0, 0.1) is 0 Å². The van der Waals surface area contributed by atoms with Crippen molar-refractivity contribution in [2.75, 3.05) is 36.4 Å². The largest absolute Gasteiger partial charge is 0.377 e. The summed E-state index contributed by atoms with van der Waals surface area (Å²) < 4.78 is 31.2. The number of morpholine rings is 1. The van der Waals surface area contributed by atoms with E-state index in [4.69, 9.17) is 4.74 Å². The first-order valence-corrected chi connectivity index (χ1v) is 9.92. The zero-order valence-electron chi connectivity index (χ0n) is 14.2. The van der Waals surface area contributed by atoms with Gasteiger partial charge in [0.15, 0.2) is 0 Å². The van der Waals surface area contributed by atoms with Crippen LogP contribution in [-0.4, -0.2) is 56.8 Å². The van der Waals surface area contributed by atoms with E-state index in [2.05, 4.69) is 0 Å². The molecular weight excluding hydrogens is 328 g/mol. The number of ether oxygens (including phenoxy) is 1. The maximum absolute atomic E-state index is 12.8. The molecule has 6 nitrogen and oxygen atoms in total. The summed E-state index contributed by atoms with van der Waals surface area (Å²) in [7, 11) is -3.23. The maximum atomic E-state index is 12.8. The quantitative estimate of drug-likeness (QED) is 0.815. The van der Waals surface area contributed by atoms with E-state index in [1.54, 1.807) is 24.3 Å². The van der Waals surface area contributed by atoms with Crippen molar-refractivity contribution in [1.29, 1.82) is 0 Å². The van der Waals surface area contributed by atoms with Gasteiger partial charge in [0, 0.05) is 18.7 Å².